The highest BCUT2D eigenvalue weighted by Crippen LogP contribution is 2.09. The summed E-state index contributed by atoms with van der Waals surface area (Å²) < 4.78 is 26.2. The quantitative estimate of drug-likeness (QED) is 0.726. The van der Waals surface area contributed by atoms with E-state index in [2.05, 4.69) is 20.0 Å². The summed E-state index contributed by atoms with van der Waals surface area (Å²) in [5.74, 6) is 0.349. The lowest BCUT2D eigenvalue weighted by molar-refractivity contribution is 0.375. The van der Waals surface area contributed by atoms with Crippen molar-refractivity contribution in [1.82, 2.24) is 20.0 Å². The van der Waals surface area contributed by atoms with E-state index in [0.29, 0.717) is 12.5 Å². The number of nitrogens with one attached hydrogen (secondary N) is 2. The number of hydrogen-bond acceptors (Lipinski definition) is 5. The number of hydrogen-bond donors (Lipinski definition) is 2. The molecule has 2 rings (SSSR count). The minimum absolute atomic E-state index is 0.163. The minimum atomic E-state index is -3.56. The summed E-state index contributed by atoms with van der Waals surface area (Å²) >= 11 is 0. The van der Waals surface area contributed by atoms with Crippen LogP contribution < -0.4 is 10.0 Å². The van der Waals surface area contributed by atoms with E-state index in [1.54, 1.807) is 6.07 Å². The van der Waals surface area contributed by atoms with Gasteiger partial charge in [-0.2, -0.15) is 0 Å². The van der Waals surface area contributed by atoms with Crippen LogP contribution in [0.15, 0.2) is 23.6 Å². The highest BCUT2D eigenvalue weighted by Gasteiger charge is 2.20. The first-order chi connectivity index (χ1) is 8.18. The molecule has 0 aromatic carbocycles. The fourth-order valence-corrected chi connectivity index (χ4v) is 2.80. The summed E-state index contributed by atoms with van der Waals surface area (Å²) in [6.45, 7) is 2.32. The molecule has 0 aliphatic carbocycles. The lowest BCUT2D eigenvalue weighted by atomic mass is 10.0. The average molecular weight is 256 g/mol. The second kappa shape index (κ2) is 5.52. The Bertz CT molecular complexity index is 443. The van der Waals surface area contributed by atoms with Crippen molar-refractivity contribution in [3.8, 4) is 0 Å². The molecule has 0 saturated carbocycles. The molecule has 1 aliphatic heterocycles. The highest BCUT2D eigenvalue weighted by molar-refractivity contribution is 7.89. The van der Waals surface area contributed by atoms with E-state index < -0.39 is 10.0 Å². The van der Waals surface area contributed by atoms with Crippen molar-refractivity contribution in [2.45, 2.75) is 18.0 Å². The largest absolute Gasteiger partial charge is 0.316 e. The van der Waals surface area contributed by atoms with Gasteiger partial charge in [0.25, 0.3) is 15.2 Å². The van der Waals surface area contributed by atoms with Crippen molar-refractivity contribution in [2.24, 2.45) is 5.92 Å². The molecule has 6 nitrogen and oxygen atoms in total. The van der Waals surface area contributed by atoms with Gasteiger partial charge in [-0.1, -0.05) is 0 Å². The van der Waals surface area contributed by atoms with E-state index in [0.717, 1.165) is 25.9 Å². The molecule has 0 radical (unpaired) electrons. The summed E-state index contributed by atoms with van der Waals surface area (Å²) in [6, 6.07) is 1.59. The second-order valence-electron chi connectivity index (χ2n) is 4.10. The molecule has 1 aromatic rings. The van der Waals surface area contributed by atoms with E-state index >= 15 is 0 Å². The molecular weight excluding hydrogens is 240 g/mol. The summed E-state index contributed by atoms with van der Waals surface area (Å²) in [5.41, 5.74) is 0. The number of sulfonamides is 1. The first-order valence-corrected chi connectivity index (χ1v) is 7.14. The van der Waals surface area contributed by atoms with Crippen molar-refractivity contribution < 1.29 is 8.42 Å². The fraction of sp³-hybridized carbons (Fsp3) is 0.600. The number of aromatic nitrogens is 2. The Labute approximate surface area is 101 Å². The van der Waals surface area contributed by atoms with Crippen LogP contribution in [0.25, 0.3) is 0 Å². The third-order valence-corrected chi connectivity index (χ3v) is 3.98. The Balaban J connectivity index is 1.94. The van der Waals surface area contributed by atoms with Gasteiger partial charge >= 0.3 is 0 Å². The summed E-state index contributed by atoms with van der Waals surface area (Å²) in [6.07, 6.45) is 4.98. The van der Waals surface area contributed by atoms with Crippen LogP contribution in [-0.2, 0) is 10.0 Å². The highest BCUT2D eigenvalue weighted by atomic mass is 32.2. The molecule has 17 heavy (non-hydrogen) atoms. The standard InChI is InChI=1S/C10H16N4O2S/c15-17(16,10-12-5-2-6-13-10)14-8-9-3-1-4-11-7-9/h2,5-6,9,11,14H,1,3-4,7-8H2. The van der Waals surface area contributed by atoms with Crippen LogP contribution in [0.5, 0.6) is 0 Å². The van der Waals surface area contributed by atoms with Gasteiger partial charge in [0, 0.05) is 18.9 Å². The van der Waals surface area contributed by atoms with Gasteiger partial charge in [-0.05, 0) is 37.9 Å². The average Bonchev–Trinajstić information content (AvgIpc) is 2.39. The Morgan fingerprint density at radius 1 is 1.41 bits per heavy atom. The summed E-state index contributed by atoms with van der Waals surface area (Å²) in [4.78, 5) is 7.47. The number of rotatable bonds is 4. The van der Waals surface area contributed by atoms with E-state index in [1.165, 1.54) is 12.4 Å². The van der Waals surface area contributed by atoms with Crippen LogP contribution in [0, 0.1) is 5.92 Å². The molecule has 7 heteroatoms. The van der Waals surface area contributed by atoms with Crippen molar-refractivity contribution in [2.75, 3.05) is 19.6 Å². The zero-order valence-electron chi connectivity index (χ0n) is 9.46. The minimum Gasteiger partial charge on any atom is -0.316 e. The Hall–Kier alpha value is -1.05. The van der Waals surface area contributed by atoms with Crippen LogP contribution >= 0.6 is 0 Å². The van der Waals surface area contributed by atoms with Gasteiger partial charge < -0.3 is 5.32 Å². The second-order valence-corrected chi connectivity index (χ2v) is 5.76. The molecule has 1 atom stereocenters. The smallest absolute Gasteiger partial charge is 0.276 e. The van der Waals surface area contributed by atoms with Crippen LogP contribution in [0.3, 0.4) is 0 Å². The molecule has 1 aromatic heterocycles. The lowest BCUT2D eigenvalue weighted by Crippen LogP contribution is -2.38. The first-order valence-electron chi connectivity index (χ1n) is 5.66. The van der Waals surface area contributed by atoms with Gasteiger partial charge in [-0.25, -0.2) is 23.1 Å². The van der Waals surface area contributed by atoms with Gasteiger partial charge in [-0.3, -0.25) is 0 Å². The zero-order valence-corrected chi connectivity index (χ0v) is 10.3. The Kier molecular flexibility index (Phi) is 4.03. The van der Waals surface area contributed by atoms with Gasteiger partial charge in [0.1, 0.15) is 0 Å². The molecule has 1 unspecified atom stereocenters. The summed E-state index contributed by atoms with van der Waals surface area (Å²) in [5, 5.41) is 3.08. The molecule has 0 amide bonds. The molecule has 1 saturated heterocycles. The van der Waals surface area contributed by atoms with Crippen molar-refractivity contribution in [1.29, 1.82) is 0 Å². The zero-order chi connectivity index (χ0) is 12.1. The number of piperidine rings is 1. The predicted molar refractivity (Wildman–Crippen MR) is 62.8 cm³/mol. The summed E-state index contributed by atoms with van der Waals surface area (Å²) in [7, 11) is -3.56. The first kappa shape index (κ1) is 12.4. The van der Waals surface area contributed by atoms with Gasteiger partial charge in [0.15, 0.2) is 0 Å². The maximum absolute atomic E-state index is 11.8. The van der Waals surface area contributed by atoms with Crippen molar-refractivity contribution >= 4 is 10.0 Å². The maximum Gasteiger partial charge on any atom is 0.276 e. The molecule has 2 N–H and O–H groups in total. The van der Waals surface area contributed by atoms with Crippen LogP contribution in [0.2, 0.25) is 0 Å². The molecule has 0 spiro atoms. The predicted octanol–water partition coefficient (Wildman–Crippen LogP) is -0.246. The van der Waals surface area contributed by atoms with Crippen LogP contribution in [0.4, 0.5) is 0 Å². The van der Waals surface area contributed by atoms with E-state index in [9.17, 15) is 8.42 Å². The fourth-order valence-electron chi connectivity index (χ4n) is 1.81. The Morgan fingerprint density at radius 2 is 2.18 bits per heavy atom. The lowest BCUT2D eigenvalue weighted by Gasteiger charge is -2.22. The Morgan fingerprint density at radius 3 is 2.82 bits per heavy atom. The monoisotopic (exact) mass is 256 g/mol. The van der Waals surface area contributed by atoms with Gasteiger partial charge in [-0.15, -0.1) is 0 Å². The molecule has 94 valence electrons. The van der Waals surface area contributed by atoms with Crippen LogP contribution in [-0.4, -0.2) is 38.0 Å². The van der Waals surface area contributed by atoms with Crippen molar-refractivity contribution in [3.05, 3.63) is 18.5 Å². The number of nitrogens with zero attached hydrogens (tertiary/aromatic N) is 2. The topological polar surface area (TPSA) is 84.0 Å². The molecule has 0 bridgehead atoms. The molecule has 1 fully saturated rings. The molecule has 1 aliphatic rings. The van der Waals surface area contributed by atoms with Gasteiger partial charge in [0.05, 0.1) is 0 Å². The molecular formula is C10H16N4O2S. The molecule has 2 heterocycles. The van der Waals surface area contributed by atoms with E-state index in [4.69, 9.17) is 0 Å². The van der Waals surface area contributed by atoms with Crippen LogP contribution in [0.1, 0.15) is 12.8 Å². The maximum atomic E-state index is 11.8. The third-order valence-electron chi connectivity index (χ3n) is 2.74. The SMILES string of the molecule is O=S(=O)(NCC1CCCNC1)c1ncccn1. The normalized spacial score (nSPS) is 21.3. The third kappa shape index (κ3) is 3.45. The van der Waals surface area contributed by atoms with Gasteiger partial charge in [0.2, 0.25) is 0 Å². The van der Waals surface area contributed by atoms with Crippen molar-refractivity contribution in [3.63, 3.8) is 0 Å². The van der Waals surface area contributed by atoms with E-state index in [-0.39, 0.29) is 5.16 Å². The van der Waals surface area contributed by atoms with E-state index in [1.807, 2.05) is 0 Å².